The van der Waals surface area contributed by atoms with E-state index in [1.165, 1.54) is 34.9 Å². The van der Waals surface area contributed by atoms with Crippen LogP contribution in [0.5, 0.6) is 0 Å². The summed E-state index contributed by atoms with van der Waals surface area (Å²) in [4.78, 5) is 23.0. The van der Waals surface area contributed by atoms with Crippen molar-refractivity contribution in [2.24, 2.45) is 7.05 Å². The van der Waals surface area contributed by atoms with Gasteiger partial charge in [-0.05, 0) is 29.8 Å². The Hall–Kier alpha value is -2.43. The van der Waals surface area contributed by atoms with Gasteiger partial charge in [0, 0.05) is 31.4 Å². The van der Waals surface area contributed by atoms with E-state index in [0.717, 1.165) is 5.56 Å². The highest BCUT2D eigenvalue weighted by Gasteiger charge is 2.05. The number of carbonyl (C=O) groups excluding carboxylic acids is 1. The van der Waals surface area contributed by atoms with Gasteiger partial charge in [0.2, 0.25) is 5.56 Å². The summed E-state index contributed by atoms with van der Waals surface area (Å²) < 4.78 is 14.2. The molecule has 0 aliphatic heterocycles. The first-order valence-corrected chi connectivity index (χ1v) is 5.75. The number of amides is 1. The van der Waals surface area contributed by atoms with Crippen LogP contribution in [0.2, 0.25) is 0 Å². The number of nitrogens with one attached hydrogen (secondary N) is 1. The van der Waals surface area contributed by atoms with E-state index in [2.05, 4.69) is 5.32 Å². The maximum absolute atomic E-state index is 12.7. The average molecular weight is 260 g/mol. The van der Waals surface area contributed by atoms with Crippen LogP contribution in [0.3, 0.4) is 0 Å². The van der Waals surface area contributed by atoms with Crippen molar-refractivity contribution >= 4 is 5.91 Å². The van der Waals surface area contributed by atoms with Gasteiger partial charge in [0.15, 0.2) is 0 Å². The molecule has 1 aromatic heterocycles. The third-order valence-electron chi connectivity index (χ3n) is 2.71. The third-order valence-corrected chi connectivity index (χ3v) is 2.71. The molecule has 1 aromatic carbocycles. The van der Waals surface area contributed by atoms with Crippen molar-refractivity contribution in [3.63, 3.8) is 0 Å². The molecule has 1 heterocycles. The monoisotopic (exact) mass is 260 g/mol. The first-order valence-electron chi connectivity index (χ1n) is 5.75. The summed E-state index contributed by atoms with van der Waals surface area (Å²) in [5.74, 6) is -0.663. The molecule has 0 unspecified atom stereocenters. The van der Waals surface area contributed by atoms with E-state index in [0.29, 0.717) is 12.1 Å². The highest BCUT2D eigenvalue weighted by molar-refractivity contribution is 5.94. The lowest BCUT2D eigenvalue weighted by Gasteiger charge is -2.06. The number of hydrogen-bond acceptors (Lipinski definition) is 2. The second-order valence-corrected chi connectivity index (χ2v) is 4.18. The van der Waals surface area contributed by atoms with Gasteiger partial charge in [0.1, 0.15) is 5.82 Å². The van der Waals surface area contributed by atoms with Gasteiger partial charge >= 0.3 is 0 Å². The zero-order valence-corrected chi connectivity index (χ0v) is 10.4. The third kappa shape index (κ3) is 3.28. The minimum Gasteiger partial charge on any atom is -0.348 e. The Morgan fingerprint density at radius 1 is 1.21 bits per heavy atom. The van der Waals surface area contributed by atoms with Crippen molar-refractivity contribution in [2.75, 3.05) is 0 Å². The number of carbonyl (C=O) groups is 1. The summed E-state index contributed by atoms with van der Waals surface area (Å²) in [6.45, 7) is 0.310. The molecule has 4 nitrogen and oxygen atoms in total. The molecule has 0 spiro atoms. The summed E-state index contributed by atoms with van der Waals surface area (Å²) in [5.41, 5.74) is 1.11. The van der Waals surface area contributed by atoms with E-state index in [-0.39, 0.29) is 17.3 Å². The predicted molar refractivity (Wildman–Crippen MR) is 69.3 cm³/mol. The predicted octanol–water partition coefficient (Wildman–Crippen LogP) is 1.45. The zero-order chi connectivity index (χ0) is 13.8. The lowest BCUT2D eigenvalue weighted by molar-refractivity contribution is 0.0951. The molecule has 2 aromatic rings. The Morgan fingerprint density at radius 2 is 1.89 bits per heavy atom. The highest BCUT2D eigenvalue weighted by Crippen LogP contribution is 2.03. The molecular formula is C14H13FN2O2. The van der Waals surface area contributed by atoms with Gasteiger partial charge in [-0.3, -0.25) is 9.59 Å². The molecule has 0 atom stereocenters. The van der Waals surface area contributed by atoms with Crippen molar-refractivity contribution in [3.05, 3.63) is 69.9 Å². The number of benzene rings is 1. The highest BCUT2D eigenvalue weighted by atomic mass is 19.1. The van der Waals surface area contributed by atoms with Gasteiger partial charge < -0.3 is 9.88 Å². The van der Waals surface area contributed by atoms with Crippen LogP contribution in [0.4, 0.5) is 4.39 Å². The van der Waals surface area contributed by atoms with Crippen molar-refractivity contribution in [2.45, 2.75) is 6.54 Å². The number of aromatic nitrogens is 1. The first-order chi connectivity index (χ1) is 9.06. The van der Waals surface area contributed by atoms with Crippen LogP contribution in [-0.4, -0.2) is 10.5 Å². The molecule has 0 aliphatic carbocycles. The van der Waals surface area contributed by atoms with Gasteiger partial charge in [-0.15, -0.1) is 0 Å². The summed E-state index contributed by atoms with van der Waals surface area (Å²) in [5, 5.41) is 2.70. The maximum atomic E-state index is 12.7. The van der Waals surface area contributed by atoms with Gasteiger partial charge in [-0.1, -0.05) is 6.07 Å². The molecule has 98 valence electrons. The van der Waals surface area contributed by atoms with Crippen LogP contribution in [0.15, 0.2) is 47.4 Å². The average Bonchev–Trinajstić information content (AvgIpc) is 2.40. The Kier molecular flexibility index (Phi) is 3.75. The van der Waals surface area contributed by atoms with Gasteiger partial charge in [-0.2, -0.15) is 0 Å². The lowest BCUT2D eigenvalue weighted by Crippen LogP contribution is -2.24. The van der Waals surface area contributed by atoms with Crippen LogP contribution < -0.4 is 10.9 Å². The number of rotatable bonds is 3. The largest absolute Gasteiger partial charge is 0.348 e. The smallest absolute Gasteiger partial charge is 0.251 e. The molecule has 0 saturated carbocycles. The molecule has 0 bridgehead atoms. The van der Waals surface area contributed by atoms with Crippen molar-refractivity contribution < 1.29 is 9.18 Å². The van der Waals surface area contributed by atoms with Crippen LogP contribution in [0.1, 0.15) is 15.9 Å². The lowest BCUT2D eigenvalue weighted by atomic mass is 10.2. The Labute approximate surface area is 109 Å². The maximum Gasteiger partial charge on any atom is 0.251 e. The standard InChI is InChI=1S/C14H13FN2O2/c1-17-9-10(2-7-13(17)18)8-16-14(19)11-3-5-12(15)6-4-11/h2-7,9H,8H2,1H3,(H,16,19). The number of halogens is 1. The van der Waals surface area contributed by atoms with E-state index >= 15 is 0 Å². The number of nitrogens with zero attached hydrogens (tertiary/aromatic N) is 1. The summed E-state index contributed by atoms with van der Waals surface area (Å²) in [6, 6.07) is 8.42. The molecule has 0 aliphatic rings. The minimum absolute atomic E-state index is 0.103. The molecule has 1 N–H and O–H groups in total. The fourth-order valence-corrected chi connectivity index (χ4v) is 1.64. The van der Waals surface area contributed by atoms with Gasteiger partial charge in [-0.25, -0.2) is 4.39 Å². The number of hydrogen-bond donors (Lipinski definition) is 1. The Bertz CT molecular complexity index is 647. The van der Waals surface area contributed by atoms with E-state index in [4.69, 9.17) is 0 Å². The van der Waals surface area contributed by atoms with Crippen LogP contribution >= 0.6 is 0 Å². The van der Waals surface area contributed by atoms with Crippen molar-refractivity contribution in [3.8, 4) is 0 Å². The van der Waals surface area contributed by atoms with Crippen molar-refractivity contribution in [1.29, 1.82) is 0 Å². The molecule has 0 saturated heterocycles. The normalized spacial score (nSPS) is 10.2. The van der Waals surface area contributed by atoms with E-state index < -0.39 is 0 Å². The van der Waals surface area contributed by atoms with Crippen LogP contribution in [-0.2, 0) is 13.6 Å². The molecule has 0 fully saturated rings. The molecule has 19 heavy (non-hydrogen) atoms. The zero-order valence-electron chi connectivity index (χ0n) is 10.4. The van der Waals surface area contributed by atoms with Crippen LogP contribution in [0.25, 0.3) is 0 Å². The fraction of sp³-hybridized carbons (Fsp3) is 0.143. The summed E-state index contributed by atoms with van der Waals surface area (Å²) in [7, 11) is 1.65. The quantitative estimate of drug-likeness (QED) is 0.908. The molecule has 5 heteroatoms. The second-order valence-electron chi connectivity index (χ2n) is 4.18. The van der Waals surface area contributed by atoms with Crippen molar-refractivity contribution in [1.82, 2.24) is 9.88 Å². The number of pyridine rings is 1. The molecule has 2 rings (SSSR count). The first kappa shape index (κ1) is 13.0. The van der Waals surface area contributed by atoms with Crippen LogP contribution in [0, 0.1) is 5.82 Å². The molecule has 0 radical (unpaired) electrons. The van der Waals surface area contributed by atoms with Gasteiger partial charge in [0.25, 0.3) is 5.91 Å². The second kappa shape index (κ2) is 5.48. The molecular weight excluding hydrogens is 247 g/mol. The van der Waals surface area contributed by atoms with Gasteiger partial charge in [0.05, 0.1) is 0 Å². The molecule has 1 amide bonds. The van der Waals surface area contributed by atoms with E-state index in [9.17, 15) is 14.0 Å². The SMILES string of the molecule is Cn1cc(CNC(=O)c2ccc(F)cc2)ccc1=O. The Balaban J connectivity index is 2.02. The topological polar surface area (TPSA) is 51.1 Å². The Morgan fingerprint density at radius 3 is 2.53 bits per heavy atom. The summed E-state index contributed by atoms with van der Waals surface area (Å²) >= 11 is 0. The van der Waals surface area contributed by atoms with E-state index in [1.54, 1.807) is 19.3 Å². The summed E-state index contributed by atoms with van der Waals surface area (Å²) in [6.07, 6.45) is 1.66. The minimum atomic E-state index is -0.380. The van der Waals surface area contributed by atoms with E-state index in [1.807, 2.05) is 0 Å². The fourth-order valence-electron chi connectivity index (χ4n) is 1.64. The number of aryl methyl sites for hydroxylation is 1.